The smallest absolute Gasteiger partial charge is 0.326 e. The topological polar surface area (TPSA) is 90.6 Å². The summed E-state index contributed by atoms with van der Waals surface area (Å²) in [5, 5.41) is 18.4. The molecule has 6 heteroatoms. The highest BCUT2D eigenvalue weighted by atomic mass is 16.5. The van der Waals surface area contributed by atoms with Crippen LogP contribution in [-0.2, 0) is 9.59 Å². The summed E-state index contributed by atoms with van der Waals surface area (Å²) in [6.45, 7) is 1.65. The molecule has 132 valence electrons. The number of benzene rings is 1. The molecule has 1 aliphatic heterocycles. The summed E-state index contributed by atoms with van der Waals surface area (Å²) in [7, 11) is 0. The van der Waals surface area contributed by atoms with Gasteiger partial charge in [-0.2, -0.15) is 5.26 Å². The first-order valence-corrected chi connectivity index (χ1v) is 8.73. The summed E-state index contributed by atoms with van der Waals surface area (Å²) in [4.78, 5) is 26.1. The molecule has 25 heavy (non-hydrogen) atoms. The number of aliphatic carboxylic acids is 1. The van der Waals surface area contributed by atoms with Crippen LogP contribution in [0.2, 0.25) is 0 Å². The summed E-state index contributed by atoms with van der Waals surface area (Å²) >= 11 is 0. The molecule has 1 aliphatic carbocycles. The maximum atomic E-state index is 12.9. The Labute approximate surface area is 147 Å². The number of carbonyl (C=O) groups is 2. The molecule has 0 radical (unpaired) electrons. The van der Waals surface area contributed by atoms with Gasteiger partial charge in [0.1, 0.15) is 11.8 Å². The summed E-state index contributed by atoms with van der Waals surface area (Å²) in [6, 6.07) is 7.82. The van der Waals surface area contributed by atoms with Crippen molar-refractivity contribution in [2.24, 2.45) is 5.92 Å². The highest BCUT2D eigenvalue weighted by Gasteiger charge is 2.48. The van der Waals surface area contributed by atoms with E-state index in [1.807, 2.05) is 6.07 Å². The van der Waals surface area contributed by atoms with Crippen molar-refractivity contribution in [2.75, 3.05) is 0 Å². The van der Waals surface area contributed by atoms with Crippen LogP contribution in [0.15, 0.2) is 24.3 Å². The van der Waals surface area contributed by atoms with Gasteiger partial charge in [0, 0.05) is 6.04 Å². The van der Waals surface area contributed by atoms with E-state index in [0.29, 0.717) is 17.7 Å². The minimum atomic E-state index is -0.937. The van der Waals surface area contributed by atoms with Crippen molar-refractivity contribution in [1.82, 2.24) is 4.90 Å². The molecule has 1 aromatic rings. The Morgan fingerprint density at radius 1 is 1.28 bits per heavy atom. The van der Waals surface area contributed by atoms with Crippen LogP contribution in [0, 0.1) is 17.2 Å². The third-order valence-electron chi connectivity index (χ3n) is 5.27. The predicted octanol–water partition coefficient (Wildman–Crippen LogP) is 2.57. The number of likely N-dealkylation sites (tertiary alicyclic amines) is 1. The van der Waals surface area contributed by atoms with Crippen molar-refractivity contribution in [1.29, 1.82) is 5.26 Å². The minimum absolute atomic E-state index is 0.00867. The molecule has 0 aromatic heterocycles. The Kier molecular flexibility index (Phi) is 4.93. The molecule has 1 heterocycles. The fourth-order valence-corrected chi connectivity index (χ4v) is 4.07. The van der Waals surface area contributed by atoms with Gasteiger partial charge in [0.15, 0.2) is 6.10 Å². The number of carboxylic acid groups (broad SMARTS) is 1. The number of rotatable bonds is 4. The lowest BCUT2D eigenvalue weighted by Crippen LogP contribution is -2.50. The fraction of sp³-hybridized carbons (Fsp3) is 0.526. The van der Waals surface area contributed by atoms with Crippen molar-refractivity contribution in [3.63, 3.8) is 0 Å². The first-order chi connectivity index (χ1) is 12.0. The van der Waals surface area contributed by atoms with Crippen LogP contribution in [0.5, 0.6) is 5.75 Å². The number of nitrogens with zero attached hydrogens (tertiary/aromatic N) is 2. The van der Waals surface area contributed by atoms with Gasteiger partial charge in [-0.1, -0.05) is 12.8 Å². The molecule has 6 nitrogen and oxygen atoms in total. The number of hydrogen-bond donors (Lipinski definition) is 1. The molecule has 1 N–H and O–H groups in total. The van der Waals surface area contributed by atoms with E-state index in [2.05, 4.69) is 0 Å². The molecular formula is C19H22N2O4. The summed E-state index contributed by atoms with van der Waals surface area (Å²) < 4.78 is 5.70. The van der Waals surface area contributed by atoms with Gasteiger partial charge in [-0.15, -0.1) is 0 Å². The normalized spacial score (nSPS) is 26.4. The van der Waals surface area contributed by atoms with Crippen molar-refractivity contribution in [3.05, 3.63) is 29.8 Å². The number of carboxylic acids is 1. The van der Waals surface area contributed by atoms with Crippen molar-refractivity contribution < 1.29 is 19.4 Å². The molecule has 1 saturated heterocycles. The van der Waals surface area contributed by atoms with Gasteiger partial charge >= 0.3 is 5.97 Å². The minimum Gasteiger partial charge on any atom is -0.481 e. The second kappa shape index (κ2) is 7.14. The second-order valence-electron chi connectivity index (χ2n) is 6.84. The van der Waals surface area contributed by atoms with E-state index in [4.69, 9.17) is 10.00 Å². The average molecular weight is 342 g/mol. The Morgan fingerprint density at radius 3 is 2.60 bits per heavy atom. The third kappa shape index (κ3) is 3.46. The van der Waals surface area contributed by atoms with Crippen LogP contribution in [0.25, 0.3) is 0 Å². The lowest BCUT2D eigenvalue weighted by Gasteiger charge is -2.34. The fourth-order valence-electron chi connectivity index (χ4n) is 4.07. The molecule has 0 bridgehead atoms. The average Bonchev–Trinajstić information content (AvgIpc) is 3.01. The van der Waals surface area contributed by atoms with Crippen molar-refractivity contribution in [3.8, 4) is 11.8 Å². The first-order valence-electron chi connectivity index (χ1n) is 8.73. The zero-order valence-electron chi connectivity index (χ0n) is 14.2. The highest BCUT2D eigenvalue weighted by molar-refractivity contribution is 5.87. The molecule has 2 aliphatic rings. The van der Waals surface area contributed by atoms with E-state index in [-0.39, 0.29) is 17.9 Å². The monoisotopic (exact) mass is 342 g/mol. The second-order valence-corrected chi connectivity index (χ2v) is 6.84. The van der Waals surface area contributed by atoms with E-state index >= 15 is 0 Å². The summed E-state index contributed by atoms with van der Waals surface area (Å²) in [5.74, 6) is -0.438. The van der Waals surface area contributed by atoms with Gasteiger partial charge in [0.2, 0.25) is 0 Å². The quantitative estimate of drug-likeness (QED) is 0.908. The summed E-state index contributed by atoms with van der Waals surface area (Å²) in [6.07, 6.45) is 3.76. The van der Waals surface area contributed by atoms with E-state index in [1.165, 1.54) is 0 Å². The number of carbonyl (C=O) groups excluding carboxylic acids is 1. The van der Waals surface area contributed by atoms with Gasteiger partial charge < -0.3 is 14.7 Å². The predicted molar refractivity (Wildman–Crippen MR) is 89.9 cm³/mol. The Bertz CT molecular complexity index is 694. The van der Waals surface area contributed by atoms with Gasteiger partial charge in [-0.05, 0) is 56.4 Å². The molecule has 0 spiro atoms. The lowest BCUT2D eigenvalue weighted by atomic mass is 9.84. The van der Waals surface area contributed by atoms with Crippen LogP contribution in [-0.4, -0.2) is 40.1 Å². The lowest BCUT2D eigenvalue weighted by molar-refractivity contribution is -0.153. The summed E-state index contributed by atoms with van der Waals surface area (Å²) in [5.41, 5.74) is 0.516. The Hall–Kier alpha value is -2.55. The van der Waals surface area contributed by atoms with E-state index in [9.17, 15) is 14.7 Å². The van der Waals surface area contributed by atoms with Crippen LogP contribution in [0.3, 0.4) is 0 Å². The van der Waals surface area contributed by atoms with Crippen LogP contribution >= 0.6 is 0 Å². The molecule has 3 rings (SSSR count). The van der Waals surface area contributed by atoms with E-state index < -0.39 is 18.1 Å². The standard InChI is InChI=1S/C19H22N2O4/c1-12(25-15-8-6-13(11-20)7-9-15)18(22)21-16-5-3-2-4-14(16)10-17(21)19(23)24/h6-9,12,14,16-17H,2-5,10H2,1H3,(H,23,24). The van der Waals surface area contributed by atoms with Gasteiger partial charge in [-0.3, -0.25) is 4.79 Å². The highest BCUT2D eigenvalue weighted by Crippen LogP contribution is 2.40. The van der Waals surface area contributed by atoms with Crippen molar-refractivity contribution in [2.45, 2.75) is 57.2 Å². The van der Waals surface area contributed by atoms with Crippen molar-refractivity contribution >= 4 is 11.9 Å². The first kappa shape index (κ1) is 17.3. The zero-order chi connectivity index (χ0) is 18.0. The number of amides is 1. The number of ether oxygens (including phenoxy) is 1. The molecular weight excluding hydrogens is 320 g/mol. The van der Waals surface area contributed by atoms with Gasteiger partial charge in [-0.25, -0.2) is 4.79 Å². The van der Waals surface area contributed by atoms with Crippen LogP contribution in [0.1, 0.15) is 44.6 Å². The van der Waals surface area contributed by atoms with E-state index in [1.54, 1.807) is 36.1 Å². The van der Waals surface area contributed by atoms with Crippen LogP contribution in [0.4, 0.5) is 0 Å². The zero-order valence-corrected chi connectivity index (χ0v) is 14.2. The largest absolute Gasteiger partial charge is 0.481 e. The number of fused-ring (bicyclic) bond motifs is 1. The Balaban J connectivity index is 1.74. The number of hydrogen-bond acceptors (Lipinski definition) is 4. The van der Waals surface area contributed by atoms with Gasteiger partial charge in [0.05, 0.1) is 11.6 Å². The molecule has 1 saturated carbocycles. The maximum Gasteiger partial charge on any atom is 0.326 e. The third-order valence-corrected chi connectivity index (χ3v) is 5.27. The molecule has 4 unspecified atom stereocenters. The van der Waals surface area contributed by atoms with Crippen LogP contribution < -0.4 is 4.74 Å². The maximum absolute atomic E-state index is 12.9. The SMILES string of the molecule is CC(Oc1ccc(C#N)cc1)C(=O)N1C(C(=O)O)CC2CCCCC21. The molecule has 1 amide bonds. The molecule has 2 fully saturated rings. The van der Waals surface area contributed by atoms with E-state index in [0.717, 1.165) is 25.7 Å². The molecule has 4 atom stereocenters. The number of nitriles is 1. The van der Waals surface area contributed by atoms with Gasteiger partial charge in [0.25, 0.3) is 5.91 Å². The Morgan fingerprint density at radius 2 is 1.96 bits per heavy atom. The molecule has 1 aromatic carbocycles.